The molecule has 0 unspecified atom stereocenters. The van der Waals surface area contributed by atoms with E-state index in [9.17, 15) is 4.79 Å². The fraction of sp³-hybridized carbons (Fsp3) is 0.636. The SMILES string of the molecule is Cc1nn(C)c(C)c1C(=O)NCCOCCBr. The lowest BCUT2D eigenvalue weighted by atomic mass is 10.2. The maximum Gasteiger partial charge on any atom is 0.255 e. The molecule has 17 heavy (non-hydrogen) atoms. The molecule has 0 radical (unpaired) electrons. The monoisotopic (exact) mass is 303 g/mol. The number of rotatable bonds is 6. The molecule has 1 aromatic rings. The third kappa shape index (κ3) is 3.81. The van der Waals surface area contributed by atoms with Gasteiger partial charge in [0.05, 0.1) is 24.5 Å². The molecule has 0 aromatic carbocycles. The number of hydrogen-bond donors (Lipinski definition) is 1. The molecule has 5 nitrogen and oxygen atoms in total. The van der Waals surface area contributed by atoms with E-state index < -0.39 is 0 Å². The average molecular weight is 304 g/mol. The second-order valence-electron chi connectivity index (χ2n) is 3.73. The van der Waals surface area contributed by atoms with Gasteiger partial charge in [-0.3, -0.25) is 9.48 Å². The summed E-state index contributed by atoms with van der Waals surface area (Å²) >= 11 is 3.27. The minimum Gasteiger partial charge on any atom is -0.379 e. The predicted molar refractivity (Wildman–Crippen MR) is 69.6 cm³/mol. The lowest BCUT2D eigenvalue weighted by Crippen LogP contribution is -2.28. The van der Waals surface area contributed by atoms with Crippen LogP contribution in [-0.2, 0) is 11.8 Å². The number of carbonyl (C=O) groups excluding carboxylic acids is 1. The van der Waals surface area contributed by atoms with Gasteiger partial charge in [-0.1, -0.05) is 15.9 Å². The molecule has 0 saturated carbocycles. The molecule has 1 rings (SSSR count). The number of halogens is 1. The highest BCUT2D eigenvalue weighted by atomic mass is 79.9. The number of carbonyl (C=O) groups is 1. The van der Waals surface area contributed by atoms with E-state index in [1.165, 1.54) is 0 Å². The van der Waals surface area contributed by atoms with Crippen molar-refractivity contribution in [2.45, 2.75) is 13.8 Å². The molecule has 1 heterocycles. The zero-order valence-corrected chi connectivity index (χ0v) is 12.0. The third-order valence-electron chi connectivity index (χ3n) is 2.49. The van der Waals surface area contributed by atoms with Crippen LogP contribution in [0.25, 0.3) is 0 Å². The summed E-state index contributed by atoms with van der Waals surface area (Å²) in [5, 5.41) is 7.84. The number of aryl methyl sites for hydroxylation is 2. The lowest BCUT2D eigenvalue weighted by molar-refractivity contribution is 0.0923. The fourth-order valence-corrected chi connectivity index (χ4v) is 1.81. The molecule has 0 bridgehead atoms. The summed E-state index contributed by atoms with van der Waals surface area (Å²) < 4.78 is 6.97. The Morgan fingerprint density at radius 1 is 1.47 bits per heavy atom. The Kier molecular flexibility index (Phi) is 5.64. The van der Waals surface area contributed by atoms with Crippen LogP contribution in [0.5, 0.6) is 0 Å². The van der Waals surface area contributed by atoms with E-state index in [1.54, 1.807) is 4.68 Å². The molecule has 96 valence electrons. The Bertz CT molecular complexity index is 390. The molecule has 0 aliphatic rings. The van der Waals surface area contributed by atoms with Gasteiger partial charge in [-0.05, 0) is 13.8 Å². The second kappa shape index (κ2) is 6.76. The Morgan fingerprint density at radius 2 is 2.18 bits per heavy atom. The molecule has 1 aromatic heterocycles. The van der Waals surface area contributed by atoms with Crippen LogP contribution in [0.4, 0.5) is 0 Å². The average Bonchev–Trinajstić information content (AvgIpc) is 2.53. The summed E-state index contributed by atoms with van der Waals surface area (Å²) in [5.41, 5.74) is 2.29. The van der Waals surface area contributed by atoms with Gasteiger partial charge >= 0.3 is 0 Å². The quantitative estimate of drug-likeness (QED) is 0.634. The smallest absolute Gasteiger partial charge is 0.255 e. The van der Waals surface area contributed by atoms with Crippen LogP contribution in [0.15, 0.2) is 0 Å². The van der Waals surface area contributed by atoms with Crippen LogP contribution >= 0.6 is 15.9 Å². The van der Waals surface area contributed by atoms with Crippen molar-refractivity contribution in [1.82, 2.24) is 15.1 Å². The number of ether oxygens (including phenoxy) is 1. The minimum atomic E-state index is -0.0875. The largest absolute Gasteiger partial charge is 0.379 e. The molecular weight excluding hydrogens is 286 g/mol. The molecule has 1 amide bonds. The second-order valence-corrected chi connectivity index (χ2v) is 4.52. The van der Waals surface area contributed by atoms with Gasteiger partial charge in [0.15, 0.2) is 0 Å². The van der Waals surface area contributed by atoms with Crippen LogP contribution in [0.1, 0.15) is 21.7 Å². The van der Waals surface area contributed by atoms with Gasteiger partial charge < -0.3 is 10.1 Å². The Labute approximate surface area is 110 Å². The lowest BCUT2D eigenvalue weighted by Gasteiger charge is -2.05. The molecular formula is C11H18BrN3O2. The van der Waals surface area contributed by atoms with Crippen LogP contribution in [0.2, 0.25) is 0 Å². The first kappa shape index (κ1) is 14.2. The van der Waals surface area contributed by atoms with Crippen LogP contribution in [0.3, 0.4) is 0 Å². The molecule has 1 N–H and O–H groups in total. The first-order valence-electron chi connectivity index (χ1n) is 5.50. The van der Waals surface area contributed by atoms with Crippen molar-refractivity contribution < 1.29 is 9.53 Å². The first-order chi connectivity index (χ1) is 8.07. The van der Waals surface area contributed by atoms with E-state index in [2.05, 4.69) is 26.3 Å². The summed E-state index contributed by atoms with van der Waals surface area (Å²) in [6.07, 6.45) is 0. The van der Waals surface area contributed by atoms with Crippen molar-refractivity contribution in [1.29, 1.82) is 0 Å². The summed E-state index contributed by atoms with van der Waals surface area (Å²) in [4.78, 5) is 11.9. The van der Waals surface area contributed by atoms with Crippen LogP contribution in [-0.4, -0.2) is 40.8 Å². The third-order valence-corrected chi connectivity index (χ3v) is 2.81. The summed E-state index contributed by atoms with van der Waals surface area (Å²) in [6.45, 7) is 5.41. The van der Waals surface area contributed by atoms with Gasteiger partial charge in [-0.2, -0.15) is 5.10 Å². The molecule has 0 aliphatic carbocycles. The normalized spacial score (nSPS) is 10.6. The predicted octanol–water partition coefficient (Wildman–Crippen LogP) is 1.18. The van der Waals surface area contributed by atoms with Gasteiger partial charge in [0.2, 0.25) is 0 Å². The van der Waals surface area contributed by atoms with Crippen molar-refractivity contribution in [3.05, 3.63) is 17.0 Å². The van der Waals surface area contributed by atoms with E-state index in [1.807, 2.05) is 20.9 Å². The number of alkyl halides is 1. The maximum atomic E-state index is 11.9. The zero-order chi connectivity index (χ0) is 12.8. The van der Waals surface area contributed by atoms with Crippen molar-refractivity contribution in [3.63, 3.8) is 0 Å². The maximum absolute atomic E-state index is 11.9. The molecule has 6 heteroatoms. The minimum absolute atomic E-state index is 0.0875. The Balaban J connectivity index is 2.47. The Morgan fingerprint density at radius 3 is 2.71 bits per heavy atom. The highest BCUT2D eigenvalue weighted by molar-refractivity contribution is 9.09. The van der Waals surface area contributed by atoms with E-state index in [-0.39, 0.29) is 5.91 Å². The summed E-state index contributed by atoms with van der Waals surface area (Å²) in [7, 11) is 1.83. The van der Waals surface area contributed by atoms with E-state index >= 15 is 0 Å². The van der Waals surface area contributed by atoms with Gasteiger partial charge in [0.25, 0.3) is 5.91 Å². The van der Waals surface area contributed by atoms with Crippen LogP contribution in [0, 0.1) is 13.8 Å². The fourth-order valence-electron chi connectivity index (χ4n) is 1.58. The number of nitrogens with zero attached hydrogens (tertiary/aromatic N) is 2. The van der Waals surface area contributed by atoms with E-state index in [4.69, 9.17) is 4.74 Å². The van der Waals surface area contributed by atoms with Gasteiger partial charge in [-0.25, -0.2) is 0 Å². The summed E-state index contributed by atoms with van der Waals surface area (Å²) in [6, 6.07) is 0. The first-order valence-corrected chi connectivity index (χ1v) is 6.62. The Hall–Kier alpha value is -0.880. The molecule has 0 atom stereocenters. The summed E-state index contributed by atoms with van der Waals surface area (Å²) in [5.74, 6) is -0.0875. The number of nitrogens with one attached hydrogen (secondary N) is 1. The van der Waals surface area contributed by atoms with Crippen molar-refractivity contribution >= 4 is 21.8 Å². The number of hydrogen-bond acceptors (Lipinski definition) is 3. The van der Waals surface area contributed by atoms with E-state index in [0.717, 1.165) is 16.7 Å². The van der Waals surface area contributed by atoms with Crippen molar-refractivity contribution in [2.24, 2.45) is 7.05 Å². The highest BCUT2D eigenvalue weighted by Crippen LogP contribution is 2.11. The van der Waals surface area contributed by atoms with Gasteiger partial charge in [0.1, 0.15) is 0 Å². The number of aromatic nitrogens is 2. The molecule has 0 spiro atoms. The molecule has 0 saturated heterocycles. The molecule has 0 fully saturated rings. The standard InChI is InChI=1S/C11H18BrN3O2/c1-8-10(9(2)15(3)14-8)11(16)13-5-7-17-6-4-12/h4-7H2,1-3H3,(H,13,16). The van der Waals surface area contributed by atoms with Crippen molar-refractivity contribution in [3.8, 4) is 0 Å². The van der Waals surface area contributed by atoms with Crippen molar-refractivity contribution in [2.75, 3.05) is 25.1 Å². The van der Waals surface area contributed by atoms with Gasteiger partial charge in [0, 0.05) is 24.6 Å². The molecule has 0 aliphatic heterocycles. The van der Waals surface area contributed by atoms with E-state index in [0.29, 0.717) is 25.3 Å². The van der Waals surface area contributed by atoms with Crippen LogP contribution < -0.4 is 5.32 Å². The topological polar surface area (TPSA) is 56.2 Å². The number of amides is 1. The van der Waals surface area contributed by atoms with Gasteiger partial charge in [-0.15, -0.1) is 0 Å². The zero-order valence-electron chi connectivity index (χ0n) is 10.4. The highest BCUT2D eigenvalue weighted by Gasteiger charge is 2.16.